The van der Waals surface area contributed by atoms with Crippen molar-refractivity contribution in [1.82, 2.24) is 0 Å². The number of sulfone groups is 1. The highest BCUT2D eigenvalue weighted by molar-refractivity contribution is 9.10. The van der Waals surface area contributed by atoms with Crippen LogP contribution in [-0.2, 0) is 9.84 Å². The van der Waals surface area contributed by atoms with Gasteiger partial charge in [0.1, 0.15) is 0 Å². The largest absolute Gasteiger partial charge is 0.390 e. The topological polar surface area (TPSA) is 66.4 Å². The molecule has 2 unspecified atom stereocenters. The van der Waals surface area contributed by atoms with Crippen molar-refractivity contribution in [2.75, 3.05) is 16.8 Å². The van der Waals surface area contributed by atoms with E-state index in [1.807, 2.05) is 25.1 Å². The van der Waals surface area contributed by atoms with Gasteiger partial charge < -0.3 is 10.4 Å². The average Bonchev–Trinajstić information content (AvgIpc) is 2.47. The Kier molecular flexibility index (Phi) is 3.47. The molecule has 1 heterocycles. The van der Waals surface area contributed by atoms with Crippen LogP contribution in [-0.4, -0.2) is 37.2 Å². The van der Waals surface area contributed by atoms with E-state index in [0.717, 1.165) is 15.7 Å². The van der Waals surface area contributed by atoms with Gasteiger partial charge in [-0.05, 0) is 34.5 Å². The van der Waals surface area contributed by atoms with Gasteiger partial charge >= 0.3 is 0 Å². The standard InChI is InChI=1S/C11H14BrNO3S/c1-7-3-2-4-8(11(7)12)13-9-5-17(15,16)6-10(9)14/h2-4,9-10,13-14H,5-6H2,1H3. The van der Waals surface area contributed by atoms with E-state index in [1.165, 1.54) is 0 Å². The second kappa shape index (κ2) is 4.59. The molecule has 0 amide bonds. The maximum atomic E-state index is 11.4. The summed E-state index contributed by atoms with van der Waals surface area (Å²) in [5.74, 6) is -0.178. The molecule has 1 fully saturated rings. The van der Waals surface area contributed by atoms with Crippen LogP contribution < -0.4 is 5.32 Å². The lowest BCUT2D eigenvalue weighted by molar-refractivity contribution is 0.190. The number of benzene rings is 1. The van der Waals surface area contributed by atoms with Crippen LogP contribution in [0.5, 0.6) is 0 Å². The van der Waals surface area contributed by atoms with Crippen LogP contribution in [0.1, 0.15) is 5.56 Å². The summed E-state index contributed by atoms with van der Waals surface area (Å²) in [4.78, 5) is 0. The van der Waals surface area contributed by atoms with Gasteiger partial charge in [0.05, 0.1) is 23.7 Å². The number of rotatable bonds is 2. The SMILES string of the molecule is Cc1cccc(NC2CS(=O)(=O)CC2O)c1Br. The maximum absolute atomic E-state index is 11.4. The molecular formula is C11H14BrNO3S. The minimum absolute atomic E-state index is 0.0193. The molecule has 0 aromatic heterocycles. The minimum Gasteiger partial charge on any atom is -0.390 e. The predicted octanol–water partition coefficient (Wildman–Crippen LogP) is 1.33. The molecule has 0 radical (unpaired) electrons. The van der Waals surface area contributed by atoms with E-state index in [0.29, 0.717) is 0 Å². The van der Waals surface area contributed by atoms with Crippen molar-refractivity contribution in [3.05, 3.63) is 28.2 Å². The third-order valence-electron chi connectivity index (χ3n) is 2.86. The Morgan fingerprint density at radius 2 is 2.12 bits per heavy atom. The van der Waals surface area contributed by atoms with Crippen LogP contribution in [0.15, 0.2) is 22.7 Å². The fraction of sp³-hybridized carbons (Fsp3) is 0.455. The van der Waals surface area contributed by atoms with Crippen LogP contribution in [0.25, 0.3) is 0 Å². The lowest BCUT2D eigenvalue weighted by Crippen LogP contribution is -2.32. The number of hydrogen-bond donors (Lipinski definition) is 2. The van der Waals surface area contributed by atoms with E-state index in [4.69, 9.17) is 0 Å². The molecule has 17 heavy (non-hydrogen) atoms. The molecule has 6 heteroatoms. The molecule has 2 N–H and O–H groups in total. The van der Waals surface area contributed by atoms with E-state index in [9.17, 15) is 13.5 Å². The molecule has 0 saturated carbocycles. The number of aliphatic hydroxyl groups is 1. The van der Waals surface area contributed by atoms with E-state index >= 15 is 0 Å². The summed E-state index contributed by atoms with van der Waals surface area (Å²) in [5.41, 5.74) is 1.87. The molecule has 1 aliphatic rings. The number of halogens is 1. The van der Waals surface area contributed by atoms with Gasteiger partial charge in [0.2, 0.25) is 0 Å². The molecule has 4 nitrogen and oxygen atoms in total. The predicted molar refractivity (Wildman–Crippen MR) is 71.0 cm³/mol. The first kappa shape index (κ1) is 12.9. The molecule has 1 saturated heterocycles. The average molecular weight is 320 g/mol. The van der Waals surface area contributed by atoms with Crippen molar-refractivity contribution < 1.29 is 13.5 Å². The second-order valence-corrected chi connectivity index (χ2v) is 7.28. The Balaban J connectivity index is 2.20. The van der Waals surface area contributed by atoms with Crippen molar-refractivity contribution in [1.29, 1.82) is 0 Å². The molecule has 94 valence electrons. The van der Waals surface area contributed by atoms with Crippen molar-refractivity contribution in [3.8, 4) is 0 Å². The lowest BCUT2D eigenvalue weighted by atomic mass is 10.1. The quantitative estimate of drug-likeness (QED) is 0.863. The molecule has 1 aromatic rings. The summed E-state index contributed by atoms with van der Waals surface area (Å²) < 4.78 is 23.7. The first-order valence-corrected chi connectivity index (χ1v) is 7.90. The first-order valence-electron chi connectivity index (χ1n) is 5.29. The number of nitrogens with one attached hydrogen (secondary N) is 1. The van der Waals surface area contributed by atoms with E-state index in [2.05, 4.69) is 21.2 Å². The third kappa shape index (κ3) is 2.81. The normalized spacial score (nSPS) is 27.0. The van der Waals surface area contributed by atoms with Gasteiger partial charge in [-0.1, -0.05) is 12.1 Å². The Hall–Kier alpha value is -0.590. The molecule has 1 aliphatic heterocycles. The van der Waals surface area contributed by atoms with Crippen LogP contribution in [0, 0.1) is 6.92 Å². The zero-order valence-electron chi connectivity index (χ0n) is 9.35. The van der Waals surface area contributed by atoms with Crippen LogP contribution in [0.3, 0.4) is 0 Å². The van der Waals surface area contributed by atoms with Crippen LogP contribution in [0.2, 0.25) is 0 Å². The highest BCUT2D eigenvalue weighted by atomic mass is 79.9. The Bertz CT molecular complexity index is 530. The zero-order chi connectivity index (χ0) is 12.6. The summed E-state index contributed by atoms with van der Waals surface area (Å²) in [6.45, 7) is 1.96. The summed E-state index contributed by atoms with van der Waals surface area (Å²) in [6, 6.07) is 5.27. The first-order chi connectivity index (χ1) is 7.89. The van der Waals surface area contributed by atoms with Gasteiger partial charge in [-0.3, -0.25) is 0 Å². The minimum atomic E-state index is -3.12. The number of aliphatic hydroxyl groups excluding tert-OH is 1. The summed E-state index contributed by atoms with van der Waals surface area (Å²) in [5, 5.41) is 12.8. The highest BCUT2D eigenvalue weighted by Gasteiger charge is 2.36. The van der Waals surface area contributed by atoms with E-state index in [-0.39, 0.29) is 11.5 Å². The third-order valence-corrected chi connectivity index (χ3v) is 5.62. The van der Waals surface area contributed by atoms with Crippen molar-refractivity contribution >= 4 is 31.5 Å². The molecule has 0 bridgehead atoms. The maximum Gasteiger partial charge on any atom is 0.155 e. The summed E-state index contributed by atoms with van der Waals surface area (Å²) in [7, 11) is -3.12. The van der Waals surface area contributed by atoms with Crippen LogP contribution in [0.4, 0.5) is 5.69 Å². The second-order valence-electron chi connectivity index (χ2n) is 4.33. The Labute approximate surface area is 109 Å². The highest BCUT2D eigenvalue weighted by Crippen LogP contribution is 2.28. The number of anilines is 1. The monoisotopic (exact) mass is 319 g/mol. The van der Waals surface area contributed by atoms with Crippen molar-refractivity contribution in [3.63, 3.8) is 0 Å². The molecule has 1 aromatic carbocycles. The molecule has 0 spiro atoms. The van der Waals surface area contributed by atoms with Gasteiger partial charge in [-0.15, -0.1) is 0 Å². The number of aryl methyl sites for hydroxylation is 1. The van der Waals surface area contributed by atoms with Gasteiger partial charge in [0.15, 0.2) is 9.84 Å². The van der Waals surface area contributed by atoms with Gasteiger partial charge in [-0.2, -0.15) is 0 Å². The molecule has 2 atom stereocenters. The summed E-state index contributed by atoms with van der Waals surface area (Å²) >= 11 is 3.44. The lowest BCUT2D eigenvalue weighted by Gasteiger charge is -2.18. The van der Waals surface area contributed by atoms with Crippen molar-refractivity contribution in [2.24, 2.45) is 0 Å². The zero-order valence-corrected chi connectivity index (χ0v) is 11.8. The van der Waals surface area contributed by atoms with E-state index in [1.54, 1.807) is 0 Å². The van der Waals surface area contributed by atoms with Crippen molar-refractivity contribution in [2.45, 2.75) is 19.1 Å². The Morgan fingerprint density at radius 1 is 1.41 bits per heavy atom. The van der Waals surface area contributed by atoms with Gasteiger partial charge in [0, 0.05) is 10.2 Å². The van der Waals surface area contributed by atoms with Gasteiger partial charge in [0.25, 0.3) is 0 Å². The smallest absolute Gasteiger partial charge is 0.155 e. The number of hydrogen-bond acceptors (Lipinski definition) is 4. The fourth-order valence-electron chi connectivity index (χ4n) is 1.93. The molecular weight excluding hydrogens is 306 g/mol. The molecule has 0 aliphatic carbocycles. The Morgan fingerprint density at radius 3 is 2.71 bits per heavy atom. The summed E-state index contributed by atoms with van der Waals surface area (Å²) in [6.07, 6.45) is -0.840. The molecule has 2 rings (SSSR count). The fourth-order valence-corrected chi connectivity index (χ4v) is 4.05. The van der Waals surface area contributed by atoms with Crippen LogP contribution >= 0.6 is 15.9 Å². The van der Waals surface area contributed by atoms with Gasteiger partial charge in [-0.25, -0.2) is 8.42 Å². The van der Waals surface area contributed by atoms with E-state index < -0.39 is 22.0 Å².